The summed E-state index contributed by atoms with van der Waals surface area (Å²) in [6, 6.07) is 6.93. The van der Waals surface area contributed by atoms with E-state index < -0.39 is 22.2 Å². The molecule has 1 saturated heterocycles. The van der Waals surface area contributed by atoms with Gasteiger partial charge in [-0.1, -0.05) is 36.8 Å². The van der Waals surface area contributed by atoms with Crippen molar-refractivity contribution in [1.82, 2.24) is 9.03 Å². The molecule has 0 radical (unpaired) electrons. The van der Waals surface area contributed by atoms with Crippen LogP contribution in [0.4, 0.5) is 0 Å². The first-order valence-corrected chi connectivity index (χ1v) is 8.42. The second-order valence-electron chi connectivity index (χ2n) is 5.26. The van der Waals surface area contributed by atoms with Crippen LogP contribution in [-0.4, -0.2) is 36.4 Å². The van der Waals surface area contributed by atoms with Gasteiger partial charge in [-0.3, -0.25) is 4.79 Å². The van der Waals surface area contributed by atoms with Gasteiger partial charge in [-0.05, 0) is 25.3 Å². The average Bonchev–Trinajstić information content (AvgIpc) is 2.46. The Labute approximate surface area is 125 Å². The van der Waals surface area contributed by atoms with E-state index in [0.717, 1.165) is 19.3 Å². The summed E-state index contributed by atoms with van der Waals surface area (Å²) < 4.78 is 28.5. The van der Waals surface area contributed by atoms with Crippen LogP contribution in [0.1, 0.15) is 37.8 Å². The Kier molecular flexibility index (Phi) is 4.97. The van der Waals surface area contributed by atoms with E-state index in [1.54, 1.807) is 30.3 Å². The van der Waals surface area contributed by atoms with Gasteiger partial charge in [0.25, 0.3) is 10.2 Å². The molecule has 2 N–H and O–H groups in total. The van der Waals surface area contributed by atoms with Crippen LogP contribution in [0.5, 0.6) is 0 Å². The van der Waals surface area contributed by atoms with E-state index in [4.69, 9.17) is 0 Å². The largest absolute Gasteiger partial charge is 0.480 e. The second-order valence-corrected chi connectivity index (χ2v) is 6.92. The molecule has 21 heavy (non-hydrogen) atoms. The topological polar surface area (TPSA) is 86.7 Å². The molecular weight excluding hydrogens is 292 g/mol. The molecule has 7 heteroatoms. The number of nitrogens with zero attached hydrogens (tertiary/aromatic N) is 1. The van der Waals surface area contributed by atoms with Crippen molar-refractivity contribution in [3.63, 3.8) is 0 Å². The van der Waals surface area contributed by atoms with Gasteiger partial charge >= 0.3 is 5.97 Å². The third-order valence-corrected chi connectivity index (χ3v) is 5.39. The number of hydrogen-bond acceptors (Lipinski definition) is 3. The van der Waals surface area contributed by atoms with Crippen molar-refractivity contribution < 1.29 is 18.3 Å². The Bertz CT molecular complexity index is 588. The maximum atomic E-state index is 12.4. The number of rotatable bonds is 5. The number of carboxylic acids is 1. The highest BCUT2D eigenvalue weighted by Gasteiger charge is 2.33. The zero-order chi connectivity index (χ0) is 15.5. The average molecular weight is 312 g/mol. The SMILES string of the molecule is CC1CCCCN1S(=O)(=O)N[C@@H](C(=O)O)c1ccccc1. The predicted molar refractivity (Wildman–Crippen MR) is 78.9 cm³/mol. The van der Waals surface area contributed by atoms with Crippen LogP contribution >= 0.6 is 0 Å². The molecule has 1 aromatic carbocycles. The van der Waals surface area contributed by atoms with E-state index >= 15 is 0 Å². The number of nitrogens with one attached hydrogen (secondary N) is 1. The molecule has 1 aliphatic rings. The second kappa shape index (κ2) is 6.55. The summed E-state index contributed by atoms with van der Waals surface area (Å²) in [6.45, 7) is 2.27. The van der Waals surface area contributed by atoms with E-state index in [-0.39, 0.29) is 6.04 Å². The summed E-state index contributed by atoms with van der Waals surface area (Å²) in [6.07, 6.45) is 2.59. The van der Waals surface area contributed by atoms with Crippen molar-refractivity contribution in [2.75, 3.05) is 6.54 Å². The molecule has 1 aromatic rings. The van der Waals surface area contributed by atoms with Gasteiger partial charge in [0.1, 0.15) is 6.04 Å². The van der Waals surface area contributed by atoms with Crippen LogP contribution in [-0.2, 0) is 15.0 Å². The Morgan fingerprint density at radius 1 is 1.33 bits per heavy atom. The number of carboxylic acid groups (broad SMARTS) is 1. The van der Waals surface area contributed by atoms with Crippen molar-refractivity contribution in [2.24, 2.45) is 0 Å². The molecule has 6 nitrogen and oxygen atoms in total. The molecule has 0 aromatic heterocycles. The maximum Gasteiger partial charge on any atom is 0.326 e. The van der Waals surface area contributed by atoms with Gasteiger partial charge in [-0.15, -0.1) is 0 Å². The van der Waals surface area contributed by atoms with Gasteiger partial charge in [0.2, 0.25) is 0 Å². The van der Waals surface area contributed by atoms with Crippen molar-refractivity contribution in [1.29, 1.82) is 0 Å². The zero-order valence-corrected chi connectivity index (χ0v) is 12.7. The molecular formula is C14H20N2O4S. The molecule has 0 spiro atoms. The first-order valence-electron chi connectivity index (χ1n) is 6.98. The number of benzene rings is 1. The molecule has 2 rings (SSSR count). The number of aliphatic carboxylic acids is 1. The fourth-order valence-corrected chi connectivity index (χ4v) is 4.17. The summed E-state index contributed by atoms with van der Waals surface area (Å²) in [5, 5.41) is 9.31. The van der Waals surface area contributed by atoms with Crippen molar-refractivity contribution in [2.45, 2.75) is 38.3 Å². The lowest BCUT2D eigenvalue weighted by Crippen LogP contribution is -2.49. The van der Waals surface area contributed by atoms with Crippen molar-refractivity contribution in [3.05, 3.63) is 35.9 Å². The Morgan fingerprint density at radius 2 is 2.00 bits per heavy atom. The number of carbonyl (C=O) groups is 1. The number of hydrogen-bond donors (Lipinski definition) is 2. The third-order valence-electron chi connectivity index (χ3n) is 3.70. The maximum absolute atomic E-state index is 12.4. The summed E-state index contributed by atoms with van der Waals surface area (Å²) in [7, 11) is -3.82. The minimum absolute atomic E-state index is 0.110. The van der Waals surface area contributed by atoms with Crippen LogP contribution in [0, 0.1) is 0 Å². The van der Waals surface area contributed by atoms with Crippen LogP contribution in [0.3, 0.4) is 0 Å². The van der Waals surface area contributed by atoms with Crippen molar-refractivity contribution in [3.8, 4) is 0 Å². The van der Waals surface area contributed by atoms with Gasteiger partial charge in [0.15, 0.2) is 0 Å². The summed E-state index contributed by atoms with van der Waals surface area (Å²) in [5.74, 6) is -1.21. The highest BCUT2D eigenvalue weighted by molar-refractivity contribution is 7.87. The molecule has 0 bridgehead atoms. The van der Waals surface area contributed by atoms with Gasteiger partial charge < -0.3 is 5.11 Å². The molecule has 1 unspecified atom stereocenters. The van der Waals surface area contributed by atoms with E-state index in [1.165, 1.54) is 4.31 Å². The minimum Gasteiger partial charge on any atom is -0.480 e. The molecule has 116 valence electrons. The highest BCUT2D eigenvalue weighted by atomic mass is 32.2. The van der Waals surface area contributed by atoms with Gasteiger partial charge in [-0.2, -0.15) is 17.4 Å². The van der Waals surface area contributed by atoms with Crippen LogP contribution in [0.15, 0.2) is 30.3 Å². The Morgan fingerprint density at radius 3 is 2.57 bits per heavy atom. The first kappa shape index (κ1) is 15.9. The first-order chi connectivity index (χ1) is 9.92. The molecule has 0 amide bonds. The van der Waals surface area contributed by atoms with Crippen LogP contribution in [0.2, 0.25) is 0 Å². The van der Waals surface area contributed by atoms with Crippen LogP contribution in [0.25, 0.3) is 0 Å². The number of piperidine rings is 1. The third kappa shape index (κ3) is 3.81. The molecule has 1 fully saturated rings. The van der Waals surface area contributed by atoms with Crippen molar-refractivity contribution >= 4 is 16.2 Å². The standard InChI is InChI=1S/C14H20N2O4S/c1-11-7-5-6-10-16(11)21(19,20)15-13(14(17)18)12-8-3-2-4-9-12/h2-4,8-9,11,13,15H,5-7,10H2,1H3,(H,17,18)/t11?,13-/m1/s1. The Hall–Kier alpha value is -1.44. The fraction of sp³-hybridized carbons (Fsp3) is 0.500. The molecule has 1 heterocycles. The lowest BCUT2D eigenvalue weighted by Gasteiger charge is -2.33. The Balaban J connectivity index is 2.22. The van der Waals surface area contributed by atoms with Gasteiger partial charge in [0.05, 0.1) is 0 Å². The van der Waals surface area contributed by atoms with Gasteiger partial charge in [0, 0.05) is 12.6 Å². The van der Waals surface area contributed by atoms with E-state index in [2.05, 4.69) is 4.72 Å². The molecule has 0 aliphatic carbocycles. The summed E-state index contributed by atoms with van der Waals surface area (Å²) in [4.78, 5) is 11.4. The fourth-order valence-electron chi connectivity index (χ4n) is 2.55. The van der Waals surface area contributed by atoms with E-state index in [0.29, 0.717) is 12.1 Å². The molecule has 0 saturated carbocycles. The monoisotopic (exact) mass is 312 g/mol. The van der Waals surface area contributed by atoms with E-state index in [1.807, 2.05) is 6.92 Å². The summed E-state index contributed by atoms with van der Waals surface area (Å²) >= 11 is 0. The zero-order valence-electron chi connectivity index (χ0n) is 11.9. The molecule has 1 aliphatic heterocycles. The lowest BCUT2D eigenvalue weighted by atomic mass is 10.1. The summed E-state index contributed by atoms with van der Waals surface area (Å²) in [5.41, 5.74) is 0.415. The van der Waals surface area contributed by atoms with Gasteiger partial charge in [-0.25, -0.2) is 0 Å². The smallest absolute Gasteiger partial charge is 0.326 e. The van der Waals surface area contributed by atoms with E-state index in [9.17, 15) is 18.3 Å². The molecule has 2 atom stereocenters. The lowest BCUT2D eigenvalue weighted by molar-refractivity contribution is -0.139. The normalized spacial score (nSPS) is 21.9. The predicted octanol–water partition coefficient (Wildman–Crippen LogP) is 1.52. The highest BCUT2D eigenvalue weighted by Crippen LogP contribution is 2.21. The van der Waals surface area contributed by atoms with Crippen LogP contribution < -0.4 is 4.72 Å². The quantitative estimate of drug-likeness (QED) is 0.863. The minimum atomic E-state index is -3.82.